The molecule has 0 aliphatic carbocycles. The minimum Gasteiger partial charge on any atom is -0.486 e. The Morgan fingerprint density at radius 2 is 1.82 bits per heavy atom. The van der Waals surface area contributed by atoms with Gasteiger partial charge in [-0.05, 0) is 66.9 Å². The molecule has 5 rings (SSSR count). The van der Waals surface area contributed by atoms with E-state index in [9.17, 15) is 14.3 Å². The van der Waals surface area contributed by atoms with E-state index in [-0.39, 0.29) is 42.5 Å². The first-order valence-corrected chi connectivity index (χ1v) is 12.3. The number of aryl methyl sites for hydroxylation is 1. The van der Waals surface area contributed by atoms with Gasteiger partial charge >= 0.3 is 5.97 Å². The molecule has 0 radical (unpaired) electrons. The highest BCUT2D eigenvalue weighted by atomic mass is 35.5. The van der Waals surface area contributed by atoms with Crippen LogP contribution in [0.15, 0.2) is 72.8 Å². The third kappa shape index (κ3) is 5.17. The van der Waals surface area contributed by atoms with Gasteiger partial charge in [0.2, 0.25) is 0 Å². The molecular weight excluding hydrogens is 510 g/mol. The number of anilines is 2. The van der Waals surface area contributed by atoms with E-state index < -0.39 is 23.2 Å². The topological polar surface area (TPSA) is 61.8 Å². The molecule has 0 saturated carbocycles. The van der Waals surface area contributed by atoms with Crippen molar-refractivity contribution >= 4 is 40.5 Å². The molecule has 5 nitrogen and oxygen atoms in total. The number of rotatable bonds is 7. The molecule has 2 N–H and O–H groups in total. The van der Waals surface area contributed by atoms with Crippen LogP contribution in [0.4, 0.5) is 20.2 Å². The lowest BCUT2D eigenvalue weighted by Crippen LogP contribution is -2.40. The highest BCUT2D eigenvalue weighted by molar-refractivity contribution is 5.92. The van der Waals surface area contributed by atoms with Gasteiger partial charge in [0.25, 0.3) is 0 Å². The zero-order valence-corrected chi connectivity index (χ0v) is 21.9. The van der Waals surface area contributed by atoms with Crippen LogP contribution in [-0.2, 0) is 0 Å². The van der Waals surface area contributed by atoms with Crippen LogP contribution in [0.5, 0.6) is 5.75 Å². The number of ether oxygens (including phenoxy) is 1. The Morgan fingerprint density at radius 3 is 2.61 bits per heavy atom. The second-order valence-corrected chi connectivity index (χ2v) is 9.37. The highest BCUT2D eigenvalue weighted by Gasteiger charge is 2.32. The molecule has 38 heavy (non-hydrogen) atoms. The summed E-state index contributed by atoms with van der Waals surface area (Å²) in [5, 5.41) is 15.5. The van der Waals surface area contributed by atoms with Crippen molar-refractivity contribution in [1.29, 1.82) is 0 Å². The number of fused-ring (bicyclic) bond motifs is 2. The third-order valence-corrected chi connectivity index (χ3v) is 6.94. The second kappa shape index (κ2) is 11.4. The van der Waals surface area contributed by atoms with Crippen LogP contribution in [0.1, 0.15) is 40.9 Å². The van der Waals surface area contributed by atoms with E-state index in [0.29, 0.717) is 24.3 Å². The summed E-state index contributed by atoms with van der Waals surface area (Å²) in [6, 6.07) is 22.1. The van der Waals surface area contributed by atoms with Gasteiger partial charge < -0.3 is 20.1 Å². The van der Waals surface area contributed by atoms with Crippen LogP contribution < -0.4 is 15.0 Å². The van der Waals surface area contributed by atoms with E-state index in [2.05, 4.69) is 36.5 Å². The van der Waals surface area contributed by atoms with Gasteiger partial charge in [-0.15, -0.1) is 12.4 Å². The zero-order chi connectivity index (χ0) is 26.1. The maximum Gasteiger partial charge on any atom is 0.339 e. The number of para-hydroxylation sites is 1. The molecule has 1 unspecified atom stereocenters. The first-order chi connectivity index (χ1) is 17.8. The molecule has 8 heteroatoms. The number of aromatic carboxylic acids is 1. The van der Waals surface area contributed by atoms with Crippen molar-refractivity contribution in [3.8, 4) is 5.75 Å². The maximum atomic E-state index is 15.4. The van der Waals surface area contributed by atoms with Crippen molar-refractivity contribution in [3.05, 3.63) is 101 Å². The number of hydrogen-bond acceptors (Lipinski definition) is 4. The summed E-state index contributed by atoms with van der Waals surface area (Å²) in [6.07, 6.45) is 0.219. The van der Waals surface area contributed by atoms with E-state index >= 15 is 4.39 Å². The van der Waals surface area contributed by atoms with Gasteiger partial charge in [0, 0.05) is 6.04 Å². The molecule has 0 spiro atoms. The summed E-state index contributed by atoms with van der Waals surface area (Å²) >= 11 is 0. The molecule has 2 atom stereocenters. The summed E-state index contributed by atoms with van der Waals surface area (Å²) in [5.74, 6) is -2.50. The lowest BCUT2D eigenvalue weighted by molar-refractivity contribution is 0.0691. The zero-order valence-electron chi connectivity index (χ0n) is 21.1. The fraction of sp³-hybridized carbons (Fsp3) is 0.233. The average Bonchev–Trinajstić information content (AvgIpc) is 2.88. The molecule has 4 aromatic rings. The average molecular weight is 539 g/mol. The van der Waals surface area contributed by atoms with Crippen LogP contribution in [0.3, 0.4) is 0 Å². The number of hydrogen-bond donors (Lipinski definition) is 2. The summed E-state index contributed by atoms with van der Waals surface area (Å²) in [5.41, 5.74) is 1.21. The molecule has 4 aromatic carbocycles. The van der Waals surface area contributed by atoms with Gasteiger partial charge in [0.05, 0.1) is 12.2 Å². The largest absolute Gasteiger partial charge is 0.486 e. The van der Waals surface area contributed by atoms with Gasteiger partial charge in [-0.25, -0.2) is 13.6 Å². The Morgan fingerprint density at radius 1 is 1.08 bits per heavy atom. The Labute approximate surface area is 226 Å². The van der Waals surface area contributed by atoms with Crippen molar-refractivity contribution in [3.63, 3.8) is 0 Å². The first-order valence-electron chi connectivity index (χ1n) is 12.3. The minimum absolute atomic E-state index is 0. The van der Waals surface area contributed by atoms with Crippen molar-refractivity contribution in [2.24, 2.45) is 0 Å². The summed E-state index contributed by atoms with van der Waals surface area (Å²) < 4.78 is 36.4. The fourth-order valence-corrected chi connectivity index (χ4v) is 5.06. The van der Waals surface area contributed by atoms with E-state index in [4.69, 9.17) is 4.74 Å². The van der Waals surface area contributed by atoms with Crippen molar-refractivity contribution < 1.29 is 23.4 Å². The number of nitrogens with one attached hydrogen (secondary N) is 1. The quantitative estimate of drug-likeness (QED) is 0.261. The first kappa shape index (κ1) is 27.4. The van der Waals surface area contributed by atoms with Crippen molar-refractivity contribution in [2.45, 2.75) is 32.4 Å². The van der Waals surface area contributed by atoms with Crippen LogP contribution in [-0.4, -0.2) is 30.3 Å². The molecule has 1 heterocycles. The van der Waals surface area contributed by atoms with Crippen LogP contribution in [0.2, 0.25) is 0 Å². The molecule has 0 saturated heterocycles. The Hall–Kier alpha value is -3.68. The molecule has 0 amide bonds. The summed E-state index contributed by atoms with van der Waals surface area (Å²) in [7, 11) is 0. The molecule has 198 valence electrons. The molecule has 0 bridgehead atoms. The second-order valence-electron chi connectivity index (χ2n) is 9.37. The molecule has 0 fully saturated rings. The van der Waals surface area contributed by atoms with Crippen molar-refractivity contribution in [1.82, 2.24) is 5.32 Å². The van der Waals surface area contributed by atoms with Crippen LogP contribution in [0.25, 0.3) is 10.8 Å². The molecule has 1 aliphatic heterocycles. The number of halogens is 3. The van der Waals surface area contributed by atoms with E-state index in [0.717, 1.165) is 0 Å². The van der Waals surface area contributed by atoms with Crippen molar-refractivity contribution in [2.75, 3.05) is 18.0 Å². The molecular formula is C30H29ClF2N2O3. The lowest BCUT2D eigenvalue weighted by Gasteiger charge is -2.37. The number of carbonyl (C=O) groups is 1. The number of benzene rings is 4. The predicted octanol–water partition coefficient (Wildman–Crippen LogP) is 7.19. The summed E-state index contributed by atoms with van der Waals surface area (Å²) in [4.78, 5) is 13.2. The summed E-state index contributed by atoms with van der Waals surface area (Å²) in [6.45, 7) is 4.44. The Balaban J connectivity index is 0.00000336. The normalized spacial score (nSPS) is 15.4. The number of carboxylic acids is 1. The SMILES string of the molecule is Cc1ccc(N2CC(CCN[C@H](C)c3cccc4ccccc34)Oc3cccc(F)c32)c(F)c1C(=O)O.Cl. The van der Waals surface area contributed by atoms with Crippen LogP contribution in [0, 0.1) is 18.6 Å². The number of nitrogens with zero attached hydrogens (tertiary/aromatic N) is 1. The molecule has 0 aromatic heterocycles. The lowest BCUT2D eigenvalue weighted by atomic mass is 9.99. The standard InChI is InChI=1S/C30H28F2N2O3.ClH/c1-18-13-14-25(28(32)27(18)30(35)36)34-17-21(37-26-12-6-11-24(31)29(26)34)15-16-33-19(2)22-10-5-8-20-7-3-4-9-23(20)22;/h3-14,19,21,33H,15-17H2,1-2H3,(H,35,36);1H/t19-,21?;/m1./s1. The van der Waals surface area contributed by atoms with Crippen LogP contribution >= 0.6 is 12.4 Å². The van der Waals surface area contributed by atoms with Gasteiger partial charge in [-0.2, -0.15) is 0 Å². The monoisotopic (exact) mass is 538 g/mol. The van der Waals surface area contributed by atoms with Gasteiger partial charge in [0.15, 0.2) is 11.6 Å². The minimum atomic E-state index is -1.36. The van der Waals surface area contributed by atoms with Gasteiger partial charge in [0.1, 0.15) is 23.1 Å². The third-order valence-electron chi connectivity index (χ3n) is 6.94. The smallest absolute Gasteiger partial charge is 0.339 e. The van der Waals surface area contributed by atoms with Gasteiger partial charge in [-0.1, -0.05) is 54.6 Å². The van der Waals surface area contributed by atoms with E-state index in [1.807, 2.05) is 18.2 Å². The highest BCUT2D eigenvalue weighted by Crippen LogP contribution is 2.42. The molecule has 1 aliphatic rings. The Bertz CT molecular complexity index is 1470. The predicted molar refractivity (Wildman–Crippen MR) is 148 cm³/mol. The maximum absolute atomic E-state index is 15.4. The Kier molecular flexibility index (Phi) is 8.19. The number of carboxylic acid groups (broad SMARTS) is 1. The van der Waals surface area contributed by atoms with E-state index in [1.165, 1.54) is 40.3 Å². The van der Waals surface area contributed by atoms with E-state index in [1.54, 1.807) is 18.2 Å². The van der Waals surface area contributed by atoms with Gasteiger partial charge in [-0.3, -0.25) is 0 Å². The fourth-order valence-electron chi connectivity index (χ4n) is 5.06.